The average molecular weight is 342 g/mol. The fourth-order valence-corrected chi connectivity index (χ4v) is 2.59. The highest BCUT2D eigenvalue weighted by molar-refractivity contribution is 6.04. The fourth-order valence-electron chi connectivity index (χ4n) is 2.59. The minimum absolute atomic E-state index is 0.210. The first kappa shape index (κ1) is 17.2. The molecule has 1 atom stereocenters. The molecule has 25 heavy (non-hydrogen) atoms. The first-order valence-electron chi connectivity index (χ1n) is 8.47. The summed E-state index contributed by atoms with van der Waals surface area (Å²) in [5, 5.41) is 5.95. The zero-order valence-corrected chi connectivity index (χ0v) is 14.2. The van der Waals surface area contributed by atoms with Gasteiger partial charge in [-0.15, -0.1) is 0 Å². The first-order valence-corrected chi connectivity index (χ1v) is 8.47. The highest BCUT2D eigenvalue weighted by Crippen LogP contribution is 2.24. The maximum atomic E-state index is 12.4. The third-order valence-electron chi connectivity index (χ3n) is 3.86. The van der Waals surface area contributed by atoms with Crippen LogP contribution in [0.5, 0.6) is 5.75 Å². The van der Waals surface area contributed by atoms with Crippen LogP contribution in [-0.4, -0.2) is 41.7 Å². The molecule has 1 fully saturated rings. The van der Waals surface area contributed by atoms with Gasteiger partial charge in [0.25, 0.3) is 5.91 Å². The molecule has 0 bridgehead atoms. The Labute approximate surface area is 146 Å². The summed E-state index contributed by atoms with van der Waals surface area (Å²) in [5.41, 5.74) is 1.00. The molecule has 2 heterocycles. The van der Waals surface area contributed by atoms with Crippen molar-refractivity contribution in [3.63, 3.8) is 0 Å². The van der Waals surface area contributed by atoms with Crippen molar-refractivity contribution in [2.45, 2.75) is 25.9 Å². The molecule has 7 heteroatoms. The predicted octanol–water partition coefficient (Wildman–Crippen LogP) is 2.72. The van der Waals surface area contributed by atoms with E-state index >= 15 is 0 Å². The number of nitrogens with one attached hydrogen (secondary N) is 2. The van der Waals surface area contributed by atoms with E-state index in [1.54, 1.807) is 6.07 Å². The van der Waals surface area contributed by atoms with Gasteiger partial charge in [-0.05, 0) is 31.9 Å². The molecule has 1 unspecified atom stereocenters. The van der Waals surface area contributed by atoms with Crippen molar-refractivity contribution in [2.24, 2.45) is 0 Å². The number of carbonyl (C=O) groups is 1. The van der Waals surface area contributed by atoms with E-state index in [0.717, 1.165) is 19.4 Å². The summed E-state index contributed by atoms with van der Waals surface area (Å²) in [4.78, 5) is 20.7. The topological polar surface area (TPSA) is 85.4 Å². The van der Waals surface area contributed by atoms with Gasteiger partial charge in [-0.1, -0.05) is 12.1 Å². The monoisotopic (exact) mass is 342 g/mol. The van der Waals surface area contributed by atoms with Crippen LogP contribution in [0.25, 0.3) is 0 Å². The fraction of sp³-hybridized carbons (Fsp3) is 0.389. The van der Waals surface area contributed by atoms with Crippen molar-refractivity contribution in [3.05, 3.63) is 42.2 Å². The SMILES string of the molecule is CCOc1ccccc1NC(=O)c1cnc(NCC2CCCO2)nc1. The second-order valence-corrected chi connectivity index (χ2v) is 5.69. The lowest BCUT2D eigenvalue weighted by Gasteiger charge is -2.12. The number of ether oxygens (including phenoxy) is 2. The van der Waals surface area contributed by atoms with E-state index in [2.05, 4.69) is 20.6 Å². The summed E-state index contributed by atoms with van der Waals surface area (Å²) in [7, 11) is 0. The van der Waals surface area contributed by atoms with Crippen LogP contribution in [-0.2, 0) is 4.74 Å². The number of para-hydroxylation sites is 2. The van der Waals surface area contributed by atoms with E-state index in [1.165, 1.54) is 12.4 Å². The van der Waals surface area contributed by atoms with Gasteiger partial charge in [0.05, 0.1) is 24.0 Å². The predicted molar refractivity (Wildman–Crippen MR) is 95.1 cm³/mol. The molecule has 2 N–H and O–H groups in total. The number of nitrogens with zero attached hydrogens (tertiary/aromatic N) is 2. The number of aromatic nitrogens is 2. The van der Waals surface area contributed by atoms with Gasteiger partial charge in [-0.3, -0.25) is 4.79 Å². The van der Waals surface area contributed by atoms with Crippen LogP contribution in [0.3, 0.4) is 0 Å². The van der Waals surface area contributed by atoms with Gasteiger partial charge in [-0.2, -0.15) is 0 Å². The van der Waals surface area contributed by atoms with E-state index in [-0.39, 0.29) is 12.0 Å². The summed E-state index contributed by atoms with van der Waals surface area (Å²) in [6.07, 6.45) is 5.36. The summed E-state index contributed by atoms with van der Waals surface area (Å²) in [6, 6.07) is 7.31. The molecule has 1 aromatic carbocycles. The lowest BCUT2D eigenvalue weighted by atomic mass is 10.2. The van der Waals surface area contributed by atoms with Gasteiger partial charge in [0, 0.05) is 25.5 Å². The van der Waals surface area contributed by atoms with E-state index in [0.29, 0.717) is 36.1 Å². The van der Waals surface area contributed by atoms with Gasteiger partial charge >= 0.3 is 0 Å². The molecule has 0 radical (unpaired) electrons. The minimum atomic E-state index is -0.280. The first-order chi connectivity index (χ1) is 12.3. The molecule has 1 aliphatic rings. The lowest BCUT2D eigenvalue weighted by molar-refractivity contribution is 0.102. The van der Waals surface area contributed by atoms with E-state index in [4.69, 9.17) is 9.47 Å². The summed E-state index contributed by atoms with van der Waals surface area (Å²) >= 11 is 0. The van der Waals surface area contributed by atoms with E-state index < -0.39 is 0 Å². The number of carbonyl (C=O) groups excluding carboxylic acids is 1. The van der Waals surface area contributed by atoms with E-state index in [9.17, 15) is 4.79 Å². The standard InChI is InChI=1S/C18H22N4O3/c1-2-24-16-8-4-3-7-15(16)22-17(23)13-10-19-18(20-11-13)21-12-14-6-5-9-25-14/h3-4,7-8,10-11,14H,2,5-6,9,12H2,1H3,(H,22,23)(H,19,20,21). The number of hydrogen-bond acceptors (Lipinski definition) is 6. The number of rotatable bonds is 7. The summed E-state index contributed by atoms with van der Waals surface area (Å²) in [6.45, 7) is 3.92. The molecule has 2 aromatic rings. The Balaban J connectivity index is 1.59. The number of anilines is 2. The molecule has 0 spiro atoms. The molecule has 1 saturated heterocycles. The Morgan fingerprint density at radius 2 is 2.12 bits per heavy atom. The number of amides is 1. The van der Waals surface area contributed by atoms with E-state index in [1.807, 2.05) is 25.1 Å². The van der Waals surface area contributed by atoms with Crippen LogP contribution in [0.2, 0.25) is 0 Å². The zero-order valence-electron chi connectivity index (χ0n) is 14.2. The molecular weight excluding hydrogens is 320 g/mol. The number of hydrogen-bond donors (Lipinski definition) is 2. The molecule has 0 saturated carbocycles. The molecule has 3 rings (SSSR count). The highest BCUT2D eigenvalue weighted by atomic mass is 16.5. The molecular formula is C18H22N4O3. The summed E-state index contributed by atoms with van der Waals surface area (Å²) < 4.78 is 11.0. The average Bonchev–Trinajstić information content (AvgIpc) is 3.16. The zero-order chi connectivity index (χ0) is 17.5. The quantitative estimate of drug-likeness (QED) is 0.805. The maximum absolute atomic E-state index is 12.4. The highest BCUT2D eigenvalue weighted by Gasteiger charge is 2.15. The third-order valence-corrected chi connectivity index (χ3v) is 3.86. The molecule has 0 aliphatic carbocycles. The van der Waals surface area contributed by atoms with Crippen molar-refractivity contribution in [3.8, 4) is 5.75 Å². The molecule has 1 aromatic heterocycles. The Morgan fingerprint density at radius 1 is 1.32 bits per heavy atom. The van der Waals surface area contributed by atoms with Crippen LogP contribution < -0.4 is 15.4 Å². The summed E-state index contributed by atoms with van der Waals surface area (Å²) in [5.74, 6) is 0.841. The molecule has 132 valence electrons. The van der Waals surface area contributed by atoms with Crippen LogP contribution >= 0.6 is 0 Å². The maximum Gasteiger partial charge on any atom is 0.258 e. The Morgan fingerprint density at radius 3 is 2.84 bits per heavy atom. The van der Waals surface area contributed by atoms with Gasteiger partial charge in [0.2, 0.25) is 5.95 Å². The van der Waals surface area contributed by atoms with Gasteiger partial charge < -0.3 is 20.1 Å². The largest absolute Gasteiger partial charge is 0.492 e. The third kappa shape index (κ3) is 4.67. The van der Waals surface area contributed by atoms with Gasteiger partial charge in [0.1, 0.15) is 5.75 Å². The Bertz CT molecular complexity index is 700. The van der Waals surface area contributed by atoms with Crippen molar-refractivity contribution in [2.75, 3.05) is 30.4 Å². The van der Waals surface area contributed by atoms with Crippen molar-refractivity contribution in [1.82, 2.24) is 9.97 Å². The second kappa shape index (κ2) is 8.43. The normalized spacial score (nSPS) is 16.4. The van der Waals surface area contributed by atoms with Crippen LogP contribution in [0.1, 0.15) is 30.1 Å². The molecule has 1 aliphatic heterocycles. The van der Waals surface area contributed by atoms with Crippen molar-refractivity contribution >= 4 is 17.5 Å². The van der Waals surface area contributed by atoms with Crippen LogP contribution in [0.15, 0.2) is 36.7 Å². The Kier molecular flexibility index (Phi) is 5.79. The van der Waals surface area contributed by atoms with Crippen LogP contribution in [0, 0.1) is 0 Å². The van der Waals surface area contributed by atoms with Crippen LogP contribution in [0.4, 0.5) is 11.6 Å². The number of benzene rings is 1. The second-order valence-electron chi connectivity index (χ2n) is 5.69. The lowest BCUT2D eigenvalue weighted by Crippen LogP contribution is -2.20. The minimum Gasteiger partial charge on any atom is -0.492 e. The smallest absolute Gasteiger partial charge is 0.258 e. The molecule has 7 nitrogen and oxygen atoms in total. The van der Waals surface area contributed by atoms with Gasteiger partial charge in [0.15, 0.2) is 0 Å². The van der Waals surface area contributed by atoms with Gasteiger partial charge in [-0.25, -0.2) is 9.97 Å². The van der Waals surface area contributed by atoms with Crippen molar-refractivity contribution in [1.29, 1.82) is 0 Å². The Hall–Kier alpha value is -2.67. The van der Waals surface area contributed by atoms with Crippen molar-refractivity contribution < 1.29 is 14.3 Å². The molecule has 1 amide bonds.